The van der Waals surface area contributed by atoms with Gasteiger partial charge in [0.15, 0.2) is 5.78 Å². The van der Waals surface area contributed by atoms with E-state index in [2.05, 4.69) is 6.58 Å². The summed E-state index contributed by atoms with van der Waals surface area (Å²) < 4.78 is 0. The number of allylic oxidation sites excluding steroid dienone is 3. The molecule has 0 aromatic rings. The fourth-order valence-electron chi connectivity index (χ4n) is 0.557. The van der Waals surface area contributed by atoms with Crippen molar-refractivity contribution in [3.8, 4) is 0 Å². The van der Waals surface area contributed by atoms with Crippen LogP contribution in [-0.2, 0) is 4.79 Å². The lowest BCUT2D eigenvalue weighted by molar-refractivity contribution is -0.112. The SMILES string of the molecule is C=CCC/C(O)=C\C(C)=O. The summed E-state index contributed by atoms with van der Waals surface area (Å²) in [6.45, 7) is 4.90. The Hall–Kier alpha value is -1.05. The fraction of sp³-hybridized carbons (Fsp3) is 0.375. The highest BCUT2D eigenvalue weighted by Crippen LogP contribution is 2.00. The maximum absolute atomic E-state index is 10.4. The Balaban J connectivity index is 3.70. The highest BCUT2D eigenvalue weighted by Gasteiger charge is 1.92. The summed E-state index contributed by atoms with van der Waals surface area (Å²) in [5.41, 5.74) is 0. The molecule has 0 rings (SSSR count). The summed E-state index contributed by atoms with van der Waals surface area (Å²) in [6.07, 6.45) is 4.13. The number of aliphatic hydroxyl groups excluding tert-OH is 1. The number of carbonyl (C=O) groups excluding carboxylic acids is 1. The lowest BCUT2D eigenvalue weighted by atomic mass is 10.2. The second kappa shape index (κ2) is 4.79. The van der Waals surface area contributed by atoms with Crippen LogP contribution in [0.1, 0.15) is 19.8 Å². The highest BCUT2D eigenvalue weighted by molar-refractivity contribution is 5.87. The lowest BCUT2D eigenvalue weighted by Crippen LogP contribution is -1.87. The topological polar surface area (TPSA) is 37.3 Å². The van der Waals surface area contributed by atoms with Gasteiger partial charge in [-0.15, -0.1) is 6.58 Å². The molecule has 0 bridgehead atoms. The minimum absolute atomic E-state index is 0.124. The van der Waals surface area contributed by atoms with Crippen molar-refractivity contribution in [3.05, 3.63) is 24.5 Å². The van der Waals surface area contributed by atoms with Crippen LogP contribution >= 0.6 is 0 Å². The largest absolute Gasteiger partial charge is 0.512 e. The second-order valence-corrected chi connectivity index (χ2v) is 2.07. The minimum Gasteiger partial charge on any atom is -0.512 e. The van der Waals surface area contributed by atoms with E-state index in [0.29, 0.717) is 12.8 Å². The number of ketones is 1. The van der Waals surface area contributed by atoms with Crippen molar-refractivity contribution in [2.24, 2.45) is 0 Å². The zero-order chi connectivity index (χ0) is 7.98. The van der Waals surface area contributed by atoms with Crippen LogP contribution in [-0.4, -0.2) is 10.9 Å². The third-order valence-electron chi connectivity index (χ3n) is 0.974. The number of carbonyl (C=O) groups is 1. The zero-order valence-electron chi connectivity index (χ0n) is 6.13. The van der Waals surface area contributed by atoms with Gasteiger partial charge in [-0.05, 0) is 13.3 Å². The molecule has 0 spiro atoms. The van der Waals surface area contributed by atoms with Crippen molar-refractivity contribution in [1.29, 1.82) is 0 Å². The number of hydrogen-bond donors (Lipinski definition) is 1. The number of rotatable bonds is 4. The molecule has 10 heavy (non-hydrogen) atoms. The molecule has 0 unspecified atom stereocenters. The molecule has 0 radical (unpaired) electrons. The van der Waals surface area contributed by atoms with Gasteiger partial charge in [-0.2, -0.15) is 0 Å². The molecule has 0 aliphatic rings. The van der Waals surface area contributed by atoms with Crippen LogP contribution in [0.3, 0.4) is 0 Å². The fourth-order valence-corrected chi connectivity index (χ4v) is 0.557. The normalized spacial score (nSPS) is 11.1. The van der Waals surface area contributed by atoms with Crippen molar-refractivity contribution < 1.29 is 9.90 Å². The van der Waals surface area contributed by atoms with Crippen LogP contribution in [0.4, 0.5) is 0 Å². The first-order valence-electron chi connectivity index (χ1n) is 3.18. The van der Waals surface area contributed by atoms with E-state index in [-0.39, 0.29) is 11.5 Å². The van der Waals surface area contributed by atoms with E-state index in [0.717, 1.165) is 0 Å². The molecule has 0 saturated heterocycles. The van der Waals surface area contributed by atoms with E-state index < -0.39 is 0 Å². The first-order chi connectivity index (χ1) is 4.66. The van der Waals surface area contributed by atoms with Crippen LogP contribution < -0.4 is 0 Å². The Morgan fingerprint density at radius 1 is 1.70 bits per heavy atom. The average Bonchev–Trinajstić information content (AvgIpc) is 1.82. The van der Waals surface area contributed by atoms with Gasteiger partial charge >= 0.3 is 0 Å². The third kappa shape index (κ3) is 5.09. The summed E-state index contributed by atoms with van der Waals surface area (Å²) in [7, 11) is 0. The maximum Gasteiger partial charge on any atom is 0.155 e. The Morgan fingerprint density at radius 2 is 2.30 bits per heavy atom. The summed E-state index contributed by atoms with van der Waals surface area (Å²) >= 11 is 0. The van der Waals surface area contributed by atoms with Gasteiger partial charge in [0, 0.05) is 12.5 Å². The Kier molecular flexibility index (Phi) is 4.29. The Labute approximate surface area is 60.9 Å². The molecule has 0 aliphatic carbocycles. The Morgan fingerprint density at radius 3 is 2.70 bits per heavy atom. The molecule has 56 valence electrons. The van der Waals surface area contributed by atoms with Crippen LogP contribution in [0.15, 0.2) is 24.5 Å². The van der Waals surface area contributed by atoms with Gasteiger partial charge in [-0.3, -0.25) is 4.79 Å². The summed E-state index contributed by atoms with van der Waals surface area (Å²) in [5.74, 6) is 0.00830. The predicted octanol–water partition coefficient (Wildman–Crippen LogP) is 1.98. The van der Waals surface area contributed by atoms with Gasteiger partial charge in [0.1, 0.15) is 0 Å². The highest BCUT2D eigenvalue weighted by atomic mass is 16.3. The lowest BCUT2D eigenvalue weighted by Gasteiger charge is -1.92. The van der Waals surface area contributed by atoms with Gasteiger partial charge in [0.25, 0.3) is 0 Å². The third-order valence-corrected chi connectivity index (χ3v) is 0.974. The van der Waals surface area contributed by atoms with Crippen molar-refractivity contribution in [1.82, 2.24) is 0 Å². The van der Waals surface area contributed by atoms with E-state index >= 15 is 0 Å². The van der Waals surface area contributed by atoms with Gasteiger partial charge in [-0.25, -0.2) is 0 Å². The van der Waals surface area contributed by atoms with Crippen molar-refractivity contribution in [3.63, 3.8) is 0 Å². The first kappa shape index (κ1) is 8.95. The van der Waals surface area contributed by atoms with E-state index in [1.807, 2.05) is 0 Å². The van der Waals surface area contributed by atoms with E-state index in [1.54, 1.807) is 6.08 Å². The van der Waals surface area contributed by atoms with Gasteiger partial charge in [0.05, 0.1) is 5.76 Å². The summed E-state index contributed by atoms with van der Waals surface area (Å²) in [4.78, 5) is 10.4. The molecule has 0 aromatic carbocycles. The quantitative estimate of drug-likeness (QED) is 0.368. The van der Waals surface area contributed by atoms with Gasteiger partial charge in [0.2, 0.25) is 0 Å². The maximum atomic E-state index is 10.4. The molecular weight excluding hydrogens is 128 g/mol. The van der Waals surface area contributed by atoms with E-state index in [4.69, 9.17) is 5.11 Å². The monoisotopic (exact) mass is 140 g/mol. The first-order valence-corrected chi connectivity index (χ1v) is 3.18. The molecule has 0 aromatic heterocycles. The molecular formula is C8H12O2. The van der Waals surface area contributed by atoms with E-state index in [9.17, 15) is 4.79 Å². The molecule has 0 fully saturated rings. The van der Waals surface area contributed by atoms with Crippen LogP contribution in [0.2, 0.25) is 0 Å². The predicted molar refractivity (Wildman–Crippen MR) is 40.8 cm³/mol. The van der Waals surface area contributed by atoms with Gasteiger partial charge < -0.3 is 5.11 Å². The smallest absolute Gasteiger partial charge is 0.155 e. The van der Waals surface area contributed by atoms with E-state index in [1.165, 1.54) is 13.0 Å². The standard InChI is InChI=1S/C8H12O2/c1-3-4-5-8(10)6-7(2)9/h3,6,10H,1,4-5H2,2H3/b8-6+. The van der Waals surface area contributed by atoms with Gasteiger partial charge in [-0.1, -0.05) is 6.08 Å². The van der Waals surface area contributed by atoms with Crippen LogP contribution in [0.25, 0.3) is 0 Å². The molecule has 0 amide bonds. The molecule has 2 nitrogen and oxygen atoms in total. The zero-order valence-corrected chi connectivity index (χ0v) is 6.13. The summed E-state index contributed by atoms with van der Waals surface area (Å²) in [5, 5.41) is 8.94. The van der Waals surface area contributed by atoms with Crippen LogP contribution in [0, 0.1) is 0 Å². The second-order valence-electron chi connectivity index (χ2n) is 2.07. The molecule has 0 atom stereocenters. The minimum atomic E-state index is -0.124. The van der Waals surface area contributed by atoms with Crippen molar-refractivity contribution in [2.75, 3.05) is 0 Å². The molecule has 0 heterocycles. The van der Waals surface area contributed by atoms with Crippen LogP contribution in [0.5, 0.6) is 0 Å². The Bertz CT molecular complexity index is 157. The van der Waals surface area contributed by atoms with Crippen molar-refractivity contribution in [2.45, 2.75) is 19.8 Å². The molecule has 1 N–H and O–H groups in total. The molecule has 2 heteroatoms. The molecule has 0 saturated carbocycles. The summed E-state index contributed by atoms with van der Waals surface area (Å²) in [6, 6.07) is 0. The molecule has 0 aliphatic heterocycles. The number of hydrogen-bond acceptors (Lipinski definition) is 2. The number of aliphatic hydroxyl groups is 1. The van der Waals surface area contributed by atoms with Crippen molar-refractivity contribution >= 4 is 5.78 Å². The average molecular weight is 140 g/mol.